The van der Waals surface area contributed by atoms with Crippen LogP contribution in [0.2, 0.25) is 0 Å². The summed E-state index contributed by atoms with van der Waals surface area (Å²) >= 11 is 0. The number of ether oxygens (including phenoxy) is 2. The minimum absolute atomic E-state index is 0.0795. The van der Waals surface area contributed by atoms with Crippen LogP contribution in [0.1, 0.15) is 25.8 Å². The highest BCUT2D eigenvalue weighted by Crippen LogP contribution is 2.39. The first kappa shape index (κ1) is 22.3. The lowest BCUT2D eigenvalue weighted by molar-refractivity contribution is -0.125. The van der Waals surface area contributed by atoms with E-state index in [1.54, 1.807) is 14.2 Å². The third-order valence-corrected chi connectivity index (χ3v) is 6.72. The fourth-order valence-corrected chi connectivity index (χ4v) is 4.85. The van der Waals surface area contributed by atoms with Crippen molar-refractivity contribution in [2.45, 2.75) is 32.7 Å². The first-order valence-corrected chi connectivity index (χ1v) is 11.6. The number of anilines is 2. The number of nitrogens with zero attached hydrogens (tertiary/aromatic N) is 2. The maximum atomic E-state index is 13.3. The molecule has 2 atom stereocenters. The molecular weight excluding hydrogens is 402 g/mol. The van der Waals surface area contributed by atoms with Crippen LogP contribution in [0.4, 0.5) is 11.4 Å². The smallest absolute Gasteiger partial charge is 0.225 e. The molecule has 0 saturated carbocycles. The summed E-state index contributed by atoms with van der Waals surface area (Å²) in [5, 5.41) is 3.21. The summed E-state index contributed by atoms with van der Waals surface area (Å²) < 4.78 is 10.8. The largest absolute Gasteiger partial charge is 0.497 e. The minimum Gasteiger partial charge on any atom is -0.497 e. The molecule has 172 valence electrons. The molecular formula is C26H35N3O3. The van der Waals surface area contributed by atoms with Crippen LogP contribution >= 0.6 is 0 Å². The number of benzene rings is 2. The molecule has 4 rings (SSSR count). The number of amides is 1. The summed E-state index contributed by atoms with van der Waals surface area (Å²) in [6.07, 6.45) is 1.75. The second kappa shape index (κ2) is 9.72. The SMILES string of the molecule is COc1ccc(N2CCN3c4cc(OC)ccc4C[C@@H](C(=O)NCCC(C)C)[C@H]3C2)cc1. The number of hydrogen-bond acceptors (Lipinski definition) is 5. The highest BCUT2D eigenvalue weighted by molar-refractivity contribution is 5.82. The summed E-state index contributed by atoms with van der Waals surface area (Å²) in [5.74, 6) is 2.38. The van der Waals surface area contributed by atoms with Gasteiger partial charge in [0.15, 0.2) is 0 Å². The summed E-state index contributed by atoms with van der Waals surface area (Å²) in [6, 6.07) is 14.6. The molecule has 2 aliphatic heterocycles. The van der Waals surface area contributed by atoms with Crippen LogP contribution in [-0.2, 0) is 11.2 Å². The van der Waals surface area contributed by atoms with E-state index in [0.29, 0.717) is 5.92 Å². The van der Waals surface area contributed by atoms with Gasteiger partial charge >= 0.3 is 0 Å². The van der Waals surface area contributed by atoms with E-state index in [-0.39, 0.29) is 17.9 Å². The molecule has 2 aromatic carbocycles. The third-order valence-electron chi connectivity index (χ3n) is 6.72. The monoisotopic (exact) mass is 437 g/mol. The van der Waals surface area contributed by atoms with E-state index in [9.17, 15) is 4.79 Å². The van der Waals surface area contributed by atoms with E-state index in [2.05, 4.69) is 53.2 Å². The summed E-state index contributed by atoms with van der Waals surface area (Å²) in [6.45, 7) is 7.69. The van der Waals surface area contributed by atoms with Crippen LogP contribution in [0, 0.1) is 11.8 Å². The standard InChI is InChI=1S/C26H35N3O3/c1-18(2)11-12-27-26(30)23-15-19-5-8-22(32-4)16-24(19)29-14-13-28(17-25(23)29)20-6-9-21(31-3)10-7-20/h5-10,16,18,23,25H,11-15,17H2,1-4H3,(H,27,30)/t23-,25-/m1/s1. The van der Waals surface area contributed by atoms with Crippen LogP contribution in [0.3, 0.4) is 0 Å². The van der Waals surface area contributed by atoms with Gasteiger partial charge < -0.3 is 24.6 Å². The number of carbonyl (C=O) groups excluding carboxylic acids is 1. The van der Waals surface area contributed by atoms with Crippen LogP contribution in [-0.4, -0.2) is 52.3 Å². The van der Waals surface area contributed by atoms with Crippen LogP contribution in [0.5, 0.6) is 11.5 Å². The molecule has 1 amide bonds. The van der Waals surface area contributed by atoms with Gasteiger partial charge in [0.1, 0.15) is 11.5 Å². The van der Waals surface area contributed by atoms with E-state index in [1.807, 2.05) is 18.2 Å². The lowest BCUT2D eigenvalue weighted by Crippen LogP contribution is -2.61. The Kier molecular flexibility index (Phi) is 6.77. The van der Waals surface area contributed by atoms with Crippen LogP contribution in [0.25, 0.3) is 0 Å². The molecule has 2 aliphatic rings. The Morgan fingerprint density at radius 1 is 1.06 bits per heavy atom. The van der Waals surface area contributed by atoms with Gasteiger partial charge in [0.25, 0.3) is 0 Å². The second-order valence-corrected chi connectivity index (χ2v) is 9.18. The number of carbonyl (C=O) groups is 1. The minimum atomic E-state index is -0.0795. The summed E-state index contributed by atoms with van der Waals surface area (Å²) in [7, 11) is 3.39. The zero-order valence-electron chi connectivity index (χ0n) is 19.6. The molecule has 0 aliphatic carbocycles. The van der Waals surface area contributed by atoms with Gasteiger partial charge in [0.2, 0.25) is 5.91 Å². The van der Waals surface area contributed by atoms with Crippen molar-refractivity contribution in [2.24, 2.45) is 11.8 Å². The first-order chi connectivity index (χ1) is 15.5. The van der Waals surface area contributed by atoms with E-state index in [1.165, 1.54) is 16.9 Å². The first-order valence-electron chi connectivity index (χ1n) is 11.6. The van der Waals surface area contributed by atoms with Crippen molar-refractivity contribution in [3.8, 4) is 11.5 Å². The highest BCUT2D eigenvalue weighted by Gasteiger charge is 2.41. The molecule has 0 spiro atoms. The van der Waals surface area contributed by atoms with Crippen molar-refractivity contribution in [3.63, 3.8) is 0 Å². The maximum absolute atomic E-state index is 13.3. The Labute approximate surface area is 191 Å². The van der Waals surface area contributed by atoms with E-state index < -0.39 is 0 Å². The fourth-order valence-electron chi connectivity index (χ4n) is 4.85. The topological polar surface area (TPSA) is 54.0 Å². The predicted octanol–water partition coefficient (Wildman–Crippen LogP) is 3.73. The van der Waals surface area contributed by atoms with Gasteiger partial charge in [-0.2, -0.15) is 0 Å². The predicted molar refractivity (Wildman–Crippen MR) is 129 cm³/mol. The van der Waals surface area contributed by atoms with E-state index in [4.69, 9.17) is 9.47 Å². The number of nitrogens with one attached hydrogen (secondary N) is 1. The molecule has 6 nitrogen and oxygen atoms in total. The molecule has 0 aromatic heterocycles. The van der Waals surface area contributed by atoms with Crippen molar-refractivity contribution < 1.29 is 14.3 Å². The molecule has 0 radical (unpaired) electrons. The van der Waals surface area contributed by atoms with Crippen molar-refractivity contribution >= 4 is 17.3 Å². The molecule has 32 heavy (non-hydrogen) atoms. The fraction of sp³-hybridized carbons (Fsp3) is 0.500. The normalized spacial score (nSPS) is 19.9. The zero-order chi connectivity index (χ0) is 22.7. The van der Waals surface area contributed by atoms with Gasteiger partial charge in [0, 0.05) is 43.6 Å². The molecule has 1 N–H and O–H groups in total. The molecule has 1 fully saturated rings. The van der Waals surface area contributed by atoms with Crippen LogP contribution < -0.4 is 24.6 Å². The Morgan fingerprint density at radius 2 is 1.78 bits per heavy atom. The molecule has 6 heteroatoms. The average molecular weight is 438 g/mol. The van der Waals surface area contributed by atoms with Gasteiger partial charge in [-0.15, -0.1) is 0 Å². The quantitative estimate of drug-likeness (QED) is 0.715. The summed E-state index contributed by atoms with van der Waals surface area (Å²) in [4.78, 5) is 18.1. The van der Waals surface area contributed by atoms with Crippen molar-refractivity contribution in [1.82, 2.24) is 5.32 Å². The second-order valence-electron chi connectivity index (χ2n) is 9.18. The van der Waals surface area contributed by atoms with Gasteiger partial charge in [-0.1, -0.05) is 19.9 Å². The Morgan fingerprint density at radius 3 is 2.47 bits per heavy atom. The molecule has 0 bridgehead atoms. The zero-order valence-corrected chi connectivity index (χ0v) is 19.6. The molecule has 0 unspecified atom stereocenters. The van der Waals surface area contributed by atoms with Gasteiger partial charge in [-0.05, 0) is 54.7 Å². The third kappa shape index (κ3) is 4.64. The lowest BCUT2D eigenvalue weighted by atomic mass is 9.83. The molecule has 2 aromatic rings. The number of piperazine rings is 1. The van der Waals surface area contributed by atoms with Crippen molar-refractivity contribution in [3.05, 3.63) is 48.0 Å². The van der Waals surface area contributed by atoms with Gasteiger partial charge in [0.05, 0.1) is 26.2 Å². The van der Waals surface area contributed by atoms with E-state index in [0.717, 1.165) is 50.5 Å². The van der Waals surface area contributed by atoms with Crippen LogP contribution in [0.15, 0.2) is 42.5 Å². The van der Waals surface area contributed by atoms with E-state index >= 15 is 0 Å². The average Bonchev–Trinajstić information content (AvgIpc) is 2.82. The lowest BCUT2D eigenvalue weighted by Gasteiger charge is -2.49. The Bertz CT molecular complexity index is 928. The summed E-state index contributed by atoms with van der Waals surface area (Å²) in [5.41, 5.74) is 3.60. The van der Waals surface area contributed by atoms with Gasteiger partial charge in [-0.3, -0.25) is 4.79 Å². The number of rotatable bonds is 7. The highest BCUT2D eigenvalue weighted by atomic mass is 16.5. The number of fused-ring (bicyclic) bond motifs is 3. The van der Waals surface area contributed by atoms with Crippen molar-refractivity contribution in [2.75, 3.05) is 50.2 Å². The Balaban J connectivity index is 1.59. The van der Waals surface area contributed by atoms with Gasteiger partial charge in [-0.25, -0.2) is 0 Å². The maximum Gasteiger partial charge on any atom is 0.225 e. The van der Waals surface area contributed by atoms with Crippen molar-refractivity contribution in [1.29, 1.82) is 0 Å². The molecule has 1 saturated heterocycles. The Hall–Kier alpha value is -2.89. The number of hydrogen-bond donors (Lipinski definition) is 1. The number of methoxy groups -OCH3 is 2. The molecule has 2 heterocycles.